The number of carboxylic acids is 1. The first-order valence-corrected chi connectivity index (χ1v) is 8.51. The Bertz CT molecular complexity index is 648. The quantitative estimate of drug-likeness (QED) is 0.766. The highest BCUT2D eigenvalue weighted by atomic mass is 32.2. The number of nitrogens with zero attached hydrogens (tertiary/aromatic N) is 1. The van der Waals surface area contributed by atoms with Crippen LogP contribution in [-0.4, -0.2) is 57.2 Å². The minimum atomic E-state index is -3.69. The highest BCUT2D eigenvalue weighted by molar-refractivity contribution is 7.89. The molecule has 7 nitrogen and oxygen atoms in total. The molecule has 0 spiro atoms. The number of hydrogen-bond donors (Lipinski definition) is 1. The Morgan fingerprint density at radius 3 is 2.26 bits per heavy atom. The summed E-state index contributed by atoms with van der Waals surface area (Å²) in [6.07, 6.45) is -0.976. The lowest BCUT2D eigenvalue weighted by Crippen LogP contribution is -2.33. The van der Waals surface area contributed by atoms with Gasteiger partial charge in [-0.15, -0.1) is 0 Å². The molecule has 8 heteroatoms. The summed E-state index contributed by atoms with van der Waals surface area (Å²) in [5.74, 6) is -0.488. The standard InChI is InChI=1S/C15H23NO6S/c1-10-8-13(21-5)9-11(2)14(10)23(19,20)16(4)6-7-22-12(3)15(17)18/h8-9,12H,6-7H2,1-5H3,(H,17,18). The molecule has 0 saturated carbocycles. The number of sulfonamides is 1. The summed E-state index contributed by atoms with van der Waals surface area (Å²) in [6.45, 7) is 4.87. The predicted octanol–water partition coefficient (Wildman–Crippen LogP) is 1.42. The van der Waals surface area contributed by atoms with Crippen LogP contribution in [0.1, 0.15) is 18.1 Å². The van der Waals surface area contributed by atoms with Crippen molar-refractivity contribution in [2.24, 2.45) is 0 Å². The van der Waals surface area contributed by atoms with Crippen molar-refractivity contribution in [2.45, 2.75) is 31.8 Å². The first-order valence-electron chi connectivity index (χ1n) is 7.07. The van der Waals surface area contributed by atoms with Crippen molar-refractivity contribution in [1.82, 2.24) is 4.31 Å². The van der Waals surface area contributed by atoms with Gasteiger partial charge in [-0.05, 0) is 44.0 Å². The van der Waals surface area contributed by atoms with E-state index in [1.165, 1.54) is 21.1 Å². The third-order valence-electron chi connectivity index (χ3n) is 3.46. The monoisotopic (exact) mass is 345 g/mol. The molecule has 1 atom stereocenters. The molecule has 0 aliphatic carbocycles. The number of rotatable bonds is 8. The molecular formula is C15H23NO6S. The van der Waals surface area contributed by atoms with Gasteiger partial charge in [0.25, 0.3) is 0 Å². The van der Waals surface area contributed by atoms with Gasteiger partial charge in [0.05, 0.1) is 18.6 Å². The average molecular weight is 345 g/mol. The van der Waals surface area contributed by atoms with Crippen molar-refractivity contribution >= 4 is 16.0 Å². The molecule has 0 aliphatic heterocycles. The fourth-order valence-corrected chi connectivity index (χ4v) is 3.70. The first-order chi connectivity index (χ1) is 10.6. The Morgan fingerprint density at radius 2 is 1.83 bits per heavy atom. The highest BCUT2D eigenvalue weighted by Crippen LogP contribution is 2.27. The van der Waals surface area contributed by atoms with Crippen LogP contribution in [0, 0.1) is 13.8 Å². The molecule has 0 radical (unpaired) electrons. The third-order valence-corrected chi connectivity index (χ3v) is 5.62. The summed E-state index contributed by atoms with van der Waals surface area (Å²) >= 11 is 0. The predicted molar refractivity (Wildman–Crippen MR) is 85.3 cm³/mol. The second-order valence-electron chi connectivity index (χ2n) is 5.27. The summed E-state index contributed by atoms with van der Waals surface area (Å²) in [5.41, 5.74) is 1.18. The van der Waals surface area contributed by atoms with E-state index in [1.807, 2.05) is 0 Å². The van der Waals surface area contributed by atoms with Crippen molar-refractivity contribution in [2.75, 3.05) is 27.3 Å². The van der Waals surface area contributed by atoms with Gasteiger partial charge in [-0.2, -0.15) is 4.31 Å². The molecule has 1 rings (SSSR count). The first kappa shape index (κ1) is 19.4. The molecule has 0 fully saturated rings. The molecule has 1 unspecified atom stereocenters. The number of ether oxygens (including phenoxy) is 2. The Balaban J connectivity index is 2.92. The maximum Gasteiger partial charge on any atom is 0.332 e. The van der Waals surface area contributed by atoms with Gasteiger partial charge >= 0.3 is 5.97 Å². The van der Waals surface area contributed by atoms with Crippen molar-refractivity contribution in [3.05, 3.63) is 23.3 Å². The summed E-state index contributed by atoms with van der Waals surface area (Å²) in [6, 6.07) is 3.33. The van der Waals surface area contributed by atoms with Gasteiger partial charge in [0, 0.05) is 13.6 Å². The zero-order chi connectivity index (χ0) is 17.8. The van der Waals surface area contributed by atoms with Crippen LogP contribution in [-0.2, 0) is 19.6 Å². The minimum Gasteiger partial charge on any atom is -0.497 e. The summed E-state index contributed by atoms with van der Waals surface area (Å²) in [7, 11) is -0.732. The van der Waals surface area contributed by atoms with E-state index in [0.29, 0.717) is 16.9 Å². The second-order valence-corrected chi connectivity index (χ2v) is 7.25. The number of aliphatic carboxylic acids is 1. The smallest absolute Gasteiger partial charge is 0.332 e. The van der Waals surface area contributed by atoms with Gasteiger partial charge in [-0.25, -0.2) is 13.2 Å². The largest absolute Gasteiger partial charge is 0.497 e. The molecule has 1 aromatic carbocycles. The maximum atomic E-state index is 12.7. The van der Waals surface area contributed by atoms with Crippen LogP contribution in [0.15, 0.2) is 17.0 Å². The van der Waals surface area contributed by atoms with Crippen LogP contribution >= 0.6 is 0 Å². The van der Waals surface area contributed by atoms with Gasteiger partial charge < -0.3 is 14.6 Å². The molecule has 0 aliphatic rings. The van der Waals surface area contributed by atoms with E-state index in [2.05, 4.69) is 0 Å². The van der Waals surface area contributed by atoms with Crippen LogP contribution in [0.25, 0.3) is 0 Å². The van der Waals surface area contributed by atoms with E-state index in [0.717, 1.165) is 4.31 Å². The summed E-state index contributed by atoms with van der Waals surface area (Å²) < 4.78 is 36.8. The number of carbonyl (C=O) groups is 1. The van der Waals surface area contributed by atoms with Crippen molar-refractivity contribution in [1.29, 1.82) is 0 Å². The summed E-state index contributed by atoms with van der Waals surface area (Å²) in [5, 5.41) is 8.74. The summed E-state index contributed by atoms with van der Waals surface area (Å²) in [4.78, 5) is 10.9. The topological polar surface area (TPSA) is 93.1 Å². The van der Waals surface area contributed by atoms with Crippen molar-refractivity contribution < 1.29 is 27.8 Å². The second kappa shape index (κ2) is 7.76. The average Bonchev–Trinajstić information content (AvgIpc) is 2.45. The lowest BCUT2D eigenvalue weighted by atomic mass is 10.1. The fourth-order valence-electron chi connectivity index (χ4n) is 2.14. The number of benzene rings is 1. The number of hydrogen-bond acceptors (Lipinski definition) is 5. The maximum absolute atomic E-state index is 12.7. The Hall–Kier alpha value is -1.64. The number of likely N-dealkylation sites (N-methyl/N-ethyl adjacent to an activating group) is 1. The number of methoxy groups -OCH3 is 1. The van der Waals surface area contributed by atoms with Gasteiger partial charge in [0.2, 0.25) is 10.0 Å². The molecule has 0 heterocycles. The van der Waals surface area contributed by atoms with E-state index >= 15 is 0 Å². The lowest BCUT2D eigenvalue weighted by Gasteiger charge is -2.21. The third kappa shape index (κ3) is 4.66. The van der Waals surface area contributed by atoms with Gasteiger partial charge in [0.1, 0.15) is 5.75 Å². The van der Waals surface area contributed by atoms with Crippen LogP contribution in [0.2, 0.25) is 0 Å². The Morgan fingerprint density at radius 1 is 1.30 bits per heavy atom. The SMILES string of the molecule is COc1cc(C)c(S(=O)(=O)N(C)CCOC(C)C(=O)O)c(C)c1. The van der Waals surface area contributed by atoms with Crippen molar-refractivity contribution in [3.63, 3.8) is 0 Å². The number of carboxylic acid groups (broad SMARTS) is 1. The van der Waals surface area contributed by atoms with E-state index in [1.54, 1.807) is 26.0 Å². The molecule has 1 aromatic rings. The highest BCUT2D eigenvalue weighted by Gasteiger charge is 2.25. The lowest BCUT2D eigenvalue weighted by molar-refractivity contribution is -0.149. The molecule has 23 heavy (non-hydrogen) atoms. The van der Waals surface area contributed by atoms with Gasteiger partial charge in [-0.3, -0.25) is 0 Å². The molecule has 130 valence electrons. The number of aryl methyl sites for hydroxylation is 2. The Labute approximate surface area is 136 Å². The Kier molecular flexibility index (Phi) is 6.55. The normalized spacial score (nSPS) is 13.1. The van der Waals surface area contributed by atoms with Crippen LogP contribution < -0.4 is 4.74 Å². The molecular weight excluding hydrogens is 322 g/mol. The van der Waals surface area contributed by atoms with Crippen molar-refractivity contribution in [3.8, 4) is 5.75 Å². The molecule has 0 bridgehead atoms. The zero-order valence-electron chi connectivity index (χ0n) is 14.0. The van der Waals surface area contributed by atoms with E-state index in [-0.39, 0.29) is 18.0 Å². The van der Waals surface area contributed by atoms with Gasteiger partial charge in [-0.1, -0.05) is 0 Å². The molecule has 0 saturated heterocycles. The molecule has 1 N–H and O–H groups in total. The minimum absolute atomic E-state index is 0.00253. The van der Waals surface area contributed by atoms with Crippen LogP contribution in [0.3, 0.4) is 0 Å². The van der Waals surface area contributed by atoms with Crippen LogP contribution in [0.4, 0.5) is 0 Å². The van der Waals surface area contributed by atoms with E-state index in [4.69, 9.17) is 14.6 Å². The van der Waals surface area contributed by atoms with Gasteiger partial charge in [0.15, 0.2) is 6.10 Å². The molecule has 0 amide bonds. The van der Waals surface area contributed by atoms with E-state index in [9.17, 15) is 13.2 Å². The molecule has 0 aromatic heterocycles. The zero-order valence-corrected chi connectivity index (χ0v) is 14.8. The fraction of sp³-hybridized carbons (Fsp3) is 0.533. The van der Waals surface area contributed by atoms with E-state index < -0.39 is 22.1 Å². The van der Waals surface area contributed by atoms with Crippen LogP contribution in [0.5, 0.6) is 5.75 Å².